The summed E-state index contributed by atoms with van der Waals surface area (Å²) in [5.74, 6) is -1.43. The highest BCUT2D eigenvalue weighted by Crippen LogP contribution is 2.23. The van der Waals surface area contributed by atoms with E-state index in [9.17, 15) is 19.7 Å². The number of nitrogens with zero attached hydrogens (tertiary/aromatic N) is 1. The van der Waals surface area contributed by atoms with Gasteiger partial charge in [0.2, 0.25) is 0 Å². The third-order valence-corrected chi connectivity index (χ3v) is 4.01. The first-order valence-corrected chi connectivity index (χ1v) is 8.10. The van der Waals surface area contributed by atoms with Gasteiger partial charge in [0.25, 0.3) is 11.6 Å². The van der Waals surface area contributed by atoms with Crippen LogP contribution in [0.15, 0.2) is 36.4 Å². The monoisotopic (exact) mass is 376 g/mol. The molecule has 0 spiro atoms. The predicted octanol–water partition coefficient (Wildman–Crippen LogP) is 4.05. The van der Waals surface area contributed by atoms with E-state index in [-0.39, 0.29) is 16.3 Å². The Kier molecular flexibility index (Phi) is 5.94. The highest BCUT2D eigenvalue weighted by atomic mass is 35.5. The van der Waals surface area contributed by atoms with Gasteiger partial charge in [-0.2, -0.15) is 0 Å². The smallest absolute Gasteiger partial charge is 0.340 e. The third-order valence-electron chi connectivity index (χ3n) is 3.68. The highest BCUT2D eigenvalue weighted by Gasteiger charge is 2.23. The lowest BCUT2D eigenvalue weighted by molar-refractivity contribution is -0.384. The molecule has 1 atom stereocenters. The number of esters is 1. The molecule has 0 aromatic heterocycles. The summed E-state index contributed by atoms with van der Waals surface area (Å²) in [7, 11) is 0. The van der Waals surface area contributed by atoms with E-state index >= 15 is 0 Å². The standard InChI is InChI=1S/C18H17ClN2O5/c1-10-4-5-11(2)16(8-10)20-17(22)12(3)26-18(23)14-9-13(21(24)25)6-7-15(14)19/h4-9,12H,1-3H3,(H,20,22)/t12-/m0/s1. The number of hydrogen-bond acceptors (Lipinski definition) is 5. The van der Waals surface area contributed by atoms with E-state index in [1.807, 2.05) is 26.0 Å². The number of rotatable bonds is 5. The van der Waals surface area contributed by atoms with Gasteiger partial charge in [0.15, 0.2) is 6.10 Å². The summed E-state index contributed by atoms with van der Waals surface area (Å²) in [4.78, 5) is 34.7. The maximum absolute atomic E-state index is 12.3. The van der Waals surface area contributed by atoms with Crippen molar-refractivity contribution in [3.63, 3.8) is 0 Å². The average molecular weight is 377 g/mol. The Hall–Kier alpha value is -2.93. The summed E-state index contributed by atoms with van der Waals surface area (Å²) in [6, 6.07) is 9.01. The van der Waals surface area contributed by atoms with Crippen LogP contribution in [0.1, 0.15) is 28.4 Å². The molecule has 0 unspecified atom stereocenters. The second kappa shape index (κ2) is 7.97. The van der Waals surface area contributed by atoms with Crippen LogP contribution in [0.2, 0.25) is 5.02 Å². The van der Waals surface area contributed by atoms with Crippen molar-refractivity contribution in [1.29, 1.82) is 0 Å². The zero-order valence-corrected chi connectivity index (χ0v) is 15.2. The molecule has 2 aromatic rings. The summed E-state index contributed by atoms with van der Waals surface area (Å²) in [5, 5.41) is 13.5. The van der Waals surface area contributed by atoms with Crippen molar-refractivity contribution in [2.24, 2.45) is 0 Å². The summed E-state index contributed by atoms with van der Waals surface area (Å²) in [6.07, 6.45) is -1.11. The van der Waals surface area contributed by atoms with Crippen molar-refractivity contribution in [1.82, 2.24) is 0 Å². The van der Waals surface area contributed by atoms with Gasteiger partial charge in [-0.05, 0) is 44.0 Å². The van der Waals surface area contributed by atoms with Gasteiger partial charge < -0.3 is 10.1 Å². The highest BCUT2D eigenvalue weighted by molar-refractivity contribution is 6.33. The Morgan fingerprint density at radius 1 is 1.19 bits per heavy atom. The molecule has 0 aliphatic carbocycles. The Balaban J connectivity index is 2.11. The second-order valence-electron chi connectivity index (χ2n) is 5.78. The van der Waals surface area contributed by atoms with E-state index in [1.165, 1.54) is 19.1 Å². The molecule has 0 saturated carbocycles. The van der Waals surface area contributed by atoms with Crippen LogP contribution in [0.3, 0.4) is 0 Å². The topological polar surface area (TPSA) is 98.5 Å². The molecule has 0 radical (unpaired) electrons. The Labute approximate surface area is 155 Å². The number of amides is 1. The first-order chi connectivity index (χ1) is 12.2. The number of hydrogen-bond donors (Lipinski definition) is 1. The molecule has 0 heterocycles. The molecule has 0 aliphatic heterocycles. The fourth-order valence-corrected chi connectivity index (χ4v) is 2.36. The van der Waals surface area contributed by atoms with E-state index in [1.54, 1.807) is 6.07 Å². The number of anilines is 1. The van der Waals surface area contributed by atoms with Crippen LogP contribution in [0, 0.1) is 24.0 Å². The summed E-state index contributed by atoms with van der Waals surface area (Å²) in [6.45, 7) is 5.14. The maximum atomic E-state index is 12.3. The van der Waals surface area contributed by atoms with E-state index in [0.717, 1.165) is 17.2 Å². The molecular formula is C18H17ClN2O5. The van der Waals surface area contributed by atoms with E-state index < -0.39 is 22.9 Å². The lowest BCUT2D eigenvalue weighted by atomic mass is 10.1. The number of ether oxygens (including phenoxy) is 1. The number of carbonyl (C=O) groups excluding carboxylic acids is 2. The molecule has 8 heteroatoms. The number of non-ortho nitro benzene ring substituents is 1. The van der Waals surface area contributed by atoms with Crippen LogP contribution in [-0.4, -0.2) is 22.9 Å². The minimum atomic E-state index is -1.11. The van der Waals surface area contributed by atoms with Crippen LogP contribution in [0.5, 0.6) is 0 Å². The van der Waals surface area contributed by atoms with E-state index in [4.69, 9.17) is 16.3 Å². The number of carbonyl (C=O) groups is 2. The number of nitrogens with one attached hydrogen (secondary N) is 1. The van der Waals surface area contributed by atoms with Crippen LogP contribution < -0.4 is 5.32 Å². The molecular weight excluding hydrogens is 360 g/mol. The SMILES string of the molecule is Cc1ccc(C)c(NC(=O)[C@H](C)OC(=O)c2cc([N+](=O)[O-])ccc2Cl)c1. The van der Waals surface area contributed by atoms with Crippen LogP contribution in [0.4, 0.5) is 11.4 Å². The van der Waals surface area contributed by atoms with Crippen molar-refractivity contribution in [3.05, 3.63) is 68.2 Å². The molecule has 0 bridgehead atoms. The first-order valence-electron chi connectivity index (χ1n) is 7.72. The van der Waals surface area contributed by atoms with E-state index in [0.29, 0.717) is 5.69 Å². The number of halogens is 1. The van der Waals surface area contributed by atoms with E-state index in [2.05, 4.69) is 5.32 Å². The number of nitro groups is 1. The molecule has 136 valence electrons. The summed E-state index contributed by atoms with van der Waals surface area (Å²) >= 11 is 5.90. The van der Waals surface area contributed by atoms with Crippen molar-refractivity contribution >= 4 is 34.9 Å². The molecule has 1 amide bonds. The molecule has 2 rings (SSSR count). The number of aryl methyl sites for hydroxylation is 2. The van der Waals surface area contributed by atoms with Gasteiger partial charge >= 0.3 is 5.97 Å². The van der Waals surface area contributed by atoms with Gasteiger partial charge in [-0.1, -0.05) is 23.7 Å². The molecule has 0 aliphatic rings. The maximum Gasteiger partial charge on any atom is 0.340 e. The number of nitro benzene ring substituents is 1. The first kappa shape index (κ1) is 19.4. The van der Waals surface area contributed by atoms with Crippen molar-refractivity contribution in [2.75, 3.05) is 5.32 Å². The molecule has 2 aromatic carbocycles. The largest absolute Gasteiger partial charge is 0.449 e. The van der Waals surface area contributed by atoms with Crippen molar-refractivity contribution in [2.45, 2.75) is 26.9 Å². The zero-order chi connectivity index (χ0) is 19.4. The van der Waals surface area contributed by atoms with Gasteiger partial charge in [0, 0.05) is 17.8 Å². The minimum absolute atomic E-state index is 0.00253. The Morgan fingerprint density at radius 2 is 1.88 bits per heavy atom. The fraction of sp³-hybridized carbons (Fsp3) is 0.222. The fourth-order valence-electron chi connectivity index (χ4n) is 2.17. The van der Waals surface area contributed by atoms with Crippen molar-refractivity contribution in [3.8, 4) is 0 Å². The third kappa shape index (κ3) is 4.58. The Bertz CT molecular complexity index is 882. The van der Waals surface area contributed by atoms with Gasteiger partial charge in [-0.15, -0.1) is 0 Å². The van der Waals surface area contributed by atoms with Gasteiger partial charge in [0.1, 0.15) is 0 Å². The number of benzene rings is 2. The van der Waals surface area contributed by atoms with Gasteiger partial charge in [-0.25, -0.2) is 4.79 Å². The van der Waals surface area contributed by atoms with Gasteiger partial charge in [-0.3, -0.25) is 14.9 Å². The second-order valence-corrected chi connectivity index (χ2v) is 6.18. The normalized spacial score (nSPS) is 11.5. The van der Waals surface area contributed by atoms with Gasteiger partial charge in [0.05, 0.1) is 15.5 Å². The lowest BCUT2D eigenvalue weighted by Gasteiger charge is -2.15. The molecule has 0 fully saturated rings. The predicted molar refractivity (Wildman–Crippen MR) is 97.5 cm³/mol. The summed E-state index contributed by atoms with van der Waals surface area (Å²) < 4.78 is 5.10. The van der Waals surface area contributed by atoms with Crippen molar-refractivity contribution < 1.29 is 19.2 Å². The molecule has 1 N–H and O–H groups in total. The summed E-state index contributed by atoms with van der Waals surface area (Å²) in [5.41, 5.74) is 1.98. The van der Waals surface area contributed by atoms with Crippen LogP contribution in [0.25, 0.3) is 0 Å². The minimum Gasteiger partial charge on any atom is -0.449 e. The molecule has 26 heavy (non-hydrogen) atoms. The lowest BCUT2D eigenvalue weighted by Crippen LogP contribution is -2.30. The van der Waals surface area contributed by atoms with Crippen LogP contribution in [-0.2, 0) is 9.53 Å². The van der Waals surface area contributed by atoms with Crippen LogP contribution >= 0.6 is 11.6 Å². The molecule has 7 nitrogen and oxygen atoms in total. The zero-order valence-electron chi connectivity index (χ0n) is 14.4. The molecule has 0 saturated heterocycles. The average Bonchev–Trinajstić information content (AvgIpc) is 2.58. The quantitative estimate of drug-likeness (QED) is 0.482. The Morgan fingerprint density at radius 3 is 2.54 bits per heavy atom.